The minimum atomic E-state index is -5.40. The number of aliphatic hydroxyl groups is 1. The van der Waals surface area contributed by atoms with E-state index in [1.807, 2.05) is 5.32 Å². The van der Waals surface area contributed by atoms with E-state index in [9.17, 15) is 36.6 Å². The van der Waals surface area contributed by atoms with Crippen LogP contribution in [0.2, 0.25) is 0 Å². The highest BCUT2D eigenvalue weighted by molar-refractivity contribution is 5.98. The predicted molar refractivity (Wildman–Crippen MR) is 136 cm³/mol. The van der Waals surface area contributed by atoms with Crippen molar-refractivity contribution in [2.75, 3.05) is 13.2 Å². The Balaban J connectivity index is 1.59. The van der Waals surface area contributed by atoms with E-state index in [-0.39, 0.29) is 45.6 Å². The monoisotopic (exact) mass is 572 g/mol. The molecule has 2 aromatic heterocycles. The van der Waals surface area contributed by atoms with Gasteiger partial charge in [0.15, 0.2) is 0 Å². The van der Waals surface area contributed by atoms with E-state index in [1.54, 1.807) is 0 Å². The molecule has 0 fully saturated rings. The Kier molecular flexibility index (Phi) is 6.65. The highest BCUT2D eigenvalue weighted by atomic mass is 19.4. The van der Waals surface area contributed by atoms with Gasteiger partial charge in [-0.3, -0.25) is 14.6 Å². The zero-order valence-corrected chi connectivity index (χ0v) is 21.2. The molecule has 2 atom stereocenters. The Hall–Kier alpha value is -4.65. The standard InChI is InChI=1S/C28H21F5N4O4/c1-26(25(34)39)13-41-23-18(26)11-20(37-22(23)14-4-6-17(29)7-5-14)27(40,28(31,32)33)12-36-24(38)16-9-15-3-2-8-35-21(15)19(30)10-16/h2-11,40H,12-13H2,1H3,(H2,34,39)(H,36,38)/t26-,27?/m0/s1. The maximum absolute atomic E-state index is 14.5. The molecule has 13 heteroatoms. The summed E-state index contributed by atoms with van der Waals surface area (Å²) in [6.45, 7) is -0.387. The Morgan fingerprint density at radius 1 is 1.12 bits per heavy atom. The van der Waals surface area contributed by atoms with Crippen LogP contribution in [0.3, 0.4) is 0 Å². The number of hydrogen-bond donors (Lipinski definition) is 3. The fourth-order valence-corrected chi connectivity index (χ4v) is 4.53. The molecule has 3 heterocycles. The Labute approximate surface area is 229 Å². The molecule has 1 aliphatic rings. The zero-order valence-electron chi connectivity index (χ0n) is 21.2. The molecule has 0 aliphatic carbocycles. The fraction of sp³-hybridized carbons (Fsp3) is 0.214. The molecule has 0 saturated heterocycles. The third-order valence-corrected chi connectivity index (χ3v) is 7.05. The number of hydrogen-bond acceptors (Lipinski definition) is 6. The predicted octanol–water partition coefficient (Wildman–Crippen LogP) is 3.89. The molecular formula is C28H21F5N4O4. The zero-order chi connectivity index (χ0) is 29.7. The van der Waals surface area contributed by atoms with Crippen molar-refractivity contribution >= 4 is 22.7 Å². The second kappa shape index (κ2) is 9.77. The first-order valence-corrected chi connectivity index (χ1v) is 12.1. The van der Waals surface area contributed by atoms with Gasteiger partial charge in [-0.1, -0.05) is 6.07 Å². The molecule has 1 aliphatic heterocycles. The van der Waals surface area contributed by atoms with Crippen molar-refractivity contribution in [3.63, 3.8) is 0 Å². The molecule has 0 saturated carbocycles. The van der Waals surface area contributed by atoms with Gasteiger partial charge < -0.3 is 20.9 Å². The topological polar surface area (TPSA) is 127 Å². The lowest BCUT2D eigenvalue weighted by atomic mass is 9.81. The molecule has 5 rings (SSSR count). The van der Waals surface area contributed by atoms with Crippen LogP contribution in [0.25, 0.3) is 22.2 Å². The van der Waals surface area contributed by atoms with Crippen LogP contribution >= 0.6 is 0 Å². The normalized spacial score (nSPS) is 17.9. The molecule has 8 nitrogen and oxygen atoms in total. The Morgan fingerprint density at radius 2 is 1.83 bits per heavy atom. The number of carbonyl (C=O) groups is 2. The van der Waals surface area contributed by atoms with Crippen LogP contribution in [0, 0.1) is 11.6 Å². The maximum atomic E-state index is 14.5. The smallest absolute Gasteiger partial charge is 0.424 e. The van der Waals surface area contributed by atoms with Crippen LogP contribution in [0.5, 0.6) is 5.75 Å². The van der Waals surface area contributed by atoms with Gasteiger partial charge in [-0.2, -0.15) is 13.2 Å². The summed E-state index contributed by atoms with van der Waals surface area (Å²) in [6, 6.07) is 10.4. The first kappa shape index (κ1) is 27.9. The van der Waals surface area contributed by atoms with E-state index in [1.165, 1.54) is 43.5 Å². The highest BCUT2D eigenvalue weighted by Gasteiger charge is 2.57. The van der Waals surface area contributed by atoms with E-state index >= 15 is 0 Å². The fourth-order valence-electron chi connectivity index (χ4n) is 4.53. The minimum Gasteiger partial charge on any atom is -0.489 e. The van der Waals surface area contributed by atoms with Crippen LogP contribution in [-0.2, 0) is 15.8 Å². The molecule has 2 amide bonds. The molecule has 212 valence electrons. The first-order chi connectivity index (χ1) is 19.2. The lowest BCUT2D eigenvalue weighted by molar-refractivity contribution is -0.265. The average molecular weight is 572 g/mol. The van der Waals surface area contributed by atoms with Gasteiger partial charge in [-0.15, -0.1) is 0 Å². The van der Waals surface area contributed by atoms with E-state index in [4.69, 9.17) is 10.5 Å². The van der Waals surface area contributed by atoms with Gasteiger partial charge in [-0.05, 0) is 55.5 Å². The number of pyridine rings is 2. The summed E-state index contributed by atoms with van der Waals surface area (Å²) in [5.41, 5.74) is -1.30. The van der Waals surface area contributed by atoms with Gasteiger partial charge >= 0.3 is 6.18 Å². The molecule has 0 radical (unpaired) electrons. The molecule has 4 aromatic rings. The molecule has 4 N–H and O–H groups in total. The van der Waals surface area contributed by atoms with Gasteiger partial charge in [0.2, 0.25) is 11.5 Å². The molecule has 1 unspecified atom stereocenters. The molecule has 0 bridgehead atoms. The van der Waals surface area contributed by atoms with Gasteiger partial charge in [-0.25, -0.2) is 13.8 Å². The summed E-state index contributed by atoms with van der Waals surface area (Å²) >= 11 is 0. The summed E-state index contributed by atoms with van der Waals surface area (Å²) in [6.07, 6.45) is -4.06. The van der Waals surface area contributed by atoms with Crippen molar-refractivity contribution < 1.29 is 41.4 Å². The van der Waals surface area contributed by atoms with Crippen molar-refractivity contribution in [1.82, 2.24) is 15.3 Å². The summed E-state index contributed by atoms with van der Waals surface area (Å²) < 4.78 is 77.3. The van der Waals surface area contributed by atoms with Crippen LogP contribution in [-0.4, -0.2) is 46.2 Å². The highest BCUT2D eigenvalue weighted by Crippen LogP contribution is 2.47. The summed E-state index contributed by atoms with van der Waals surface area (Å²) in [5, 5.41) is 13.3. The number of alkyl halides is 3. The van der Waals surface area contributed by atoms with E-state index in [2.05, 4.69) is 9.97 Å². The van der Waals surface area contributed by atoms with E-state index in [0.717, 1.165) is 24.3 Å². The van der Waals surface area contributed by atoms with Crippen LogP contribution in [0.15, 0.2) is 60.8 Å². The number of ether oxygens (including phenoxy) is 1. The number of nitrogens with one attached hydrogen (secondary N) is 1. The van der Waals surface area contributed by atoms with Gasteiger partial charge in [0.05, 0.1) is 12.2 Å². The number of fused-ring (bicyclic) bond motifs is 2. The number of nitrogens with two attached hydrogens (primary N) is 1. The van der Waals surface area contributed by atoms with Crippen molar-refractivity contribution in [2.24, 2.45) is 5.73 Å². The van der Waals surface area contributed by atoms with E-state index < -0.39 is 52.9 Å². The van der Waals surface area contributed by atoms with Crippen molar-refractivity contribution in [2.45, 2.75) is 24.1 Å². The third-order valence-electron chi connectivity index (χ3n) is 7.05. The molecular weight excluding hydrogens is 551 g/mol. The first-order valence-electron chi connectivity index (χ1n) is 12.1. The molecule has 0 spiro atoms. The number of aromatic nitrogens is 2. The van der Waals surface area contributed by atoms with Crippen molar-refractivity contribution in [3.8, 4) is 17.0 Å². The van der Waals surface area contributed by atoms with Crippen molar-refractivity contribution in [1.29, 1.82) is 0 Å². The summed E-state index contributed by atoms with van der Waals surface area (Å²) in [5.74, 6) is -3.57. The van der Waals surface area contributed by atoms with Gasteiger partial charge in [0.1, 0.15) is 40.6 Å². The third kappa shape index (κ3) is 4.71. The Morgan fingerprint density at radius 3 is 2.49 bits per heavy atom. The maximum Gasteiger partial charge on any atom is 0.424 e. The van der Waals surface area contributed by atoms with Crippen molar-refractivity contribution in [3.05, 3.63) is 89.2 Å². The number of halogens is 5. The largest absolute Gasteiger partial charge is 0.489 e. The lowest BCUT2D eigenvalue weighted by Crippen LogP contribution is -2.51. The van der Waals surface area contributed by atoms with Crippen LogP contribution < -0.4 is 15.8 Å². The number of amides is 2. The van der Waals surface area contributed by atoms with Gasteiger partial charge in [0, 0.05) is 28.3 Å². The number of rotatable bonds is 6. The molecule has 41 heavy (non-hydrogen) atoms. The van der Waals surface area contributed by atoms with Crippen LogP contribution in [0.1, 0.15) is 28.5 Å². The number of benzene rings is 2. The second-order valence-electron chi connectivity index (χ2n) is 9.80. The van der Waals surface area contributed by atoms with Gasteiger partial charge in [0.25, 0.3) is 5.91 Å². The van der Waals surface area contributed by atoms with Crippen LogP contribution in [0.4, 0.5) is 22.0 Å². The minimum absolute atomic E-state index is 0.0359. The summed E-state index contributed by atoms with van der Waals surface area (Å²) in [4.78, 5) is 33.0. The van der Waals surface area contributed by atoms with E-state index in [0.29, 0.717) is 0 Å². The summed E-state index contributed by atoms with van der Waals surface area (Å²) in [7, 11) is 0. The SMILES string of the molecule is C[C@]1(C(N)=O)COc2c1cc(C(O)(CNC(=O)c1cc(F)c3ncccc3c1)C(F)(F)F)nc2-c1ccc(F)cc1. The molecule has 2 aromatic carbocycles. The lowest BCUT2D eigenvalue weighted by Gasteiger charge is -2.31. The number of primary amides is 1. The number of nitrogens with zero attached hydrogens (tertiary/aromatic N) is 2. The quantitative estimate of drug-likeness (QED) is 0.301. The number of carbonyl (C=O) groups excluding carboxylic acids is 2. The Bertz CT molecular complexity index is 1700. The second-order valence-corrected chi connectivity index (χ2v) is 9.80. The average Bonchev–Trinajstić information content (AvgIpc) is 3.28.